The summed E-state index contributed by atoms with van der Waals surface area (Å²) >= 11 is 0. The van der Waals surface area contributed by atoms with Crippen LogP contribution in [0.4, 0.5) is 0 Å². The molecule has 4 heteroatoms. The Balaban J connectivity index is 3.03. The van der Waals surface area contributed by atoms with E-state index in [4.69, 9.17) is 15.9 Å². The van der Waals surface area contributed by atoms with Gasteiger partial charge in [0.1, 0.15) is 0 Å². The van der Waals surface area contributed by atoms with E-state index in [0.29, 0.717) is 5.56 Å². The van der Waals surface area contributed by atoms with Gasteiger partial charge in [0.2, 0.25) is 5.91 Å². The molecule has 4 N–H and O–H groups in total. The molecule has 0 saturated heterocycles. The summed E-state index contributed by atoms with van der Waals surface area (Å²) < 4.78 is 0. The minimum absolute atomic E-state index is 0.208. The SMILES string of the molecule is CC(C(N)=O)c1ccc(O)c(O)c1. The molecule has 0 radical (unpaired) electrons. The van der Waals surface area contributed by atoms with Crippen molar-refractivity contribution in [2.45, 2.75) is 12.8 Å². The number of hydrogen-bond donors (Lipinski definition) is 3. The Labute approximate surface area is 75.6 Å². The Morgan fingerprint density at radius 1 is 1.38 bits per heavy atom. The maximum atomic E-state index is 10.8. The number of carbonyl (C=O) groups is 1. The molecule has 0 bridgehead atoms. The van der Waals surface area contributed by atoms with Crippen molar-refractivity contribution in [1.29, 1.82) is 0 Å². The highest BCUT2D eigenvalue weighted by Crippen LogP contribution is 2.28. The number of primary amides is 1. The number of benzene rings is 1. The summed E-state index contributed by atoms with van der Waals surface area (Å²) in [5, 5.41) is 18.1. The molecule has 0 spiro atoms. The Morgan fingerprint density at radius 2 is 2.00 bits per heavy atom. The summed E-state index contributed by atoms with van der Waals surface area (Å²) in [6.45, 7) is 1.63. The molecule has 1 aromatic rings. The molecule has 1 atom stereocenters. The van der Waals surface area contributed by atoms with E-state index in [-0.39, 0.29) is 11.5 Å². The van der Waals surface area contributed by atoms with Crippen molar-refractivity contribution in [2.75, 3.05) is 0 Å². The van der Waals surface area contributed by atoms with E-state index in [1.165, 1.54) is 12.1 Å². The number of nitrogens with two attached hydrogens (primary N) is 1. The second-order valence-electron chi connectivity index (χ2n) is 2.87. The zero-order chi connectivity index (χ0) is 10.0. The molecule has 1 aromatic carbocycles. The standard InChI is InChI=1S/C9H11NO3/c1-5(9(10)13)6-2-3-7(11)8(12)4-6/h2-5,11-12H,1H3,(H2,10,13). The highest BCUT2D eigenvalue weighted by Gasteiger charge is 2.12. The van der Waals surface area contributed by atoms with Gasteiger partial charge in [-0.15, -0.1) is 0 Å². The average Bonchev–Trinajstić information content (AvgIpc) is 2.08. The van der Waals surface area contributed by atoms with Crippen LogP contribution in [0.5, 0.6) is 11.5 Å². The smallest absolute Gasteiger partial charge is 0.224 e. The second kappa shape index (κ2) is 3.35. The van der Waals surface area contributed by atoms with E-state index in [9.17, 15) is 4.79 Å². The monoisotopic (exact) mass is 181 g/mol. The molecule has 0 heterocycles. The van der Waals surface area contributed by atoms with Gasteiger partial charge in [0.15, 0.2) is 11.5 Å². The van der Waals surface area contributed by atoms with Crippen molar-refractivity contribution in [3.05, 3.63) is 23.8 Å². The van der Waals surface area contributed by atoms with Crippen molar-refractivity contribution in [2.24, 2.45) is 5.73 Å². The first kappa shape index (κ1) is 9.38. The Hall–Kier alpha value is -1.71. The molecule has 4 nitrogen and oxygen atoms in total. The molecule has 1 amide bonds. The van der Waals surface area contributed by atoms with Gasteiger partial charge in [-0.2, -0.15) is 0 Å². The van der Waals surface area contributed by atoms with Crippen LogP contribution in [0.3, 0.4) is 0 Å². The molecule has 1 unspecified atom stereocenters. The molecular formula is C9H11NO3. The molecule has 13 heavy (non-hydrogen) atoms. The Morgan fingerprint density at radius 3 is 2.46 bits per heavy atom. The van der Waals surface area contributed by atoms with Gasteiger partial charge in [-0.25, -0.2) is 0 Å². The first-order valence-corrected chi connectivity index (χ1v) is 3.83. The van der Waals surface area contributed by atoms with Gasteiger partial charge in [-0.3, -0.25) is 4.79 Å². The maximum absolute atomic E-state index is 10.8. The van der Waals surface area contributed by atoms with Crippen LogP contribution in [0.15, 0.2) is 18.2 Å². The van der Waals surface area contributed by atoms with Crippen molar-refractivity contribution in [3.8, 4) is 11.5 Å². The van der Waals surface area contributed by atoms with Crippen molar-refractivity contribution in [3.63, 3.8) is 0 Å². The zero-order valence-corrected chi connectivity index (χ0v) is 7.19. The lowest BCUT2D eigenvalue weighted by Gasteiger charge is -2.07. The predicted octanol–water partition coefficient (Wildman–Crippen LogP) is 0.687. The Kier molecular flexibility index (Phi) is 2.41. The fourth-order valence-corrected chi connectivity index (χ4v) is 0.974. The van der Waals surface area contributed by atoms with Crippen LogP contribution in [0.25, 0.3) is 0 Å². The lowest BCUT2D eigenvalue weighted by molar-refractivity contribution is -0.119. The third-order valence-corrected chi connectivity index (χ3v) is 1.93. The van der Waals surface area contributed by atoms with E-state index in [1.807, 2.05) is 0 Å². The molecule has 0 fully saturated rings. The second-order valence-corrected chi connectivity index (χ2v) is 2.87. The normalized spacial score (nSPS) is 12.4. The minimum atomic E-state index is -0.468. The van der Waals surface area contributed by atoms with Gasteiger partial charge in [0.25, 0.3) is 0 Å². The fraction of sp³-hybridized carbons (Fsp3) is 0.222. The van der Waals surface area contributed by atoms with Crippen LogP contribution < -0.4 is 5.73 Å². The quantitative estimate of drug-likeness (QED) is 0.587. The van der Waals surface area contributed by atoms with Crippen LogP contribution in [0, 0.1) is 0 Å². The van der Waals surface area contributed by atoms with Crippen molar-refractivity contribution < 1.29 is 15.0 Å². The molecule has 0 aliphatic carbocycles. The van der Waals surface area contributed by atoms with Gasteiger partial charge < -0.3 is 15.9 Å². The molecular weight excluding hydrogens is 170 g/mol. The highest BCUT2D eigenvalue weighted by atomic mass is 16.3. The summed E-state index contributed by atoms with van der Waals surface area (Å²) in [4.78, 5) is 10.8. The van der Waals surface area contributed by atoms with E-state index in [1.54, 1.807) is 13.0 Å². The number of phenols is 2. The fourth-order valence-electron chi connectivity index (χ4n) is 0.974. The molecule has 0 aliphatic heterocycles. The molecule has 70 valence electrons. The predicted molar refractivity (Wildman–Crippen MR) is 47.4 cm³/mol. The van der Waals surface area contributed by atoms with Gasteiger partial charge in [0.05, 0.1) is 5.92 Å². The van der Waals surface area contributed by atoms with Crippen LogP contribution in [-0.2, 0) is 4.79 Å². The molecule has 1 rings (SSSR count). The molecule has 0 aromatic heterocycles. The number of aromatic hydroxyl groups is 2. The summed E-state index contributed by atoms with van der Waals surface area (Å²) in [6.07, 6.45) is 0. The first-order valence-electron chi connectivity index (χ1n) is 3.83. The summed E-state index contributed by atoms with van der Waals surface area (Å²) in [6, 6.07) is 4.19. The summed E-state index contributed by atoms with van der Waals surface area (Å²) in [5.74, 6) is -1.39. The highest BCUT2D eigenvalue weighted by molar-refractivity contribution is 5.81. The van der Waals surface area contributed by atoms with Gasteiger partial charge in [-0.05, 0) is 24.6 Å². The number of carbonyl (C=O) groups excluding carboxylic acids is 1. The van der Waals surface area contributed by atoms with Crippen LogP contribution >= 0.6 is 0 Å². The largest absolute Gasteiger partial charge is 0.504 e. The minimum Gasteiger partial charge on any atom is -0.504 e. The Bertz CT molecular complexity index is 336. The van der Waals surface area contributed by atoms with E-state index < -0.39 is 11.8 Å². The molecule has 0 aliphatic rings. The van der Waals surface area contributed by atoms with E-state index in [0.717, 1.165) is 0 Å². The summed E-state index contributed by atoms with van der Waals surface area (Å²) in [7, 11) is 0. The third-order valence-electron chi connectivity index (χ3n) is 1.93. The average molecular weight is 181 g/mol. The van der Waals surface area contributed by atoms with Gasteiger partial charge >= 0.3 is 0 Å². The van der Waals surface area contributed by atoms with Gasteiger partial charge in [-0.1, -0.05) is 6.07 Å². The number of rotatable bonds is 2. The molecule has 0 saturated carbocycles. The number of hydrogen-bond acceptors (Lipinski definition) is 3. The van der Waals surface area contributed by atoms with Crippen LogP contribution in [0.2, 0.25) is 0 Å². The number of amides is 1. The van der Waals surface area contributed by atoms with Crippen molar-refractivity contribution >= 4 is 5.91 Å². The van der Waals surface area contributed by atoms with Crippen LogP contribution in [-0.4, -0.2) is 16.1 Å². The van der Waals surface area contributed by atoms with E-state index >= 15 is 0 Å². The lowest BCUT2D eigenvalue weighted by atomic mass is 10.0. The topological polar surface area (TPSA) is 83.6 Å². The first-order chi connectivity index (χ1) is 6.02. The summed E-state index contributed by atoms with van der Waals surface area (Å²) in [5.41, 5.74) is 5.66. The van der Waals surface area contributed by atoms with Crippen LogP contribution in [0.1, 0.15) is 18.4 Å². The third kappa shape index (κ3) is 1.90. The van der Waals surface area contributed by atoms with Gasteiger partial charge in [0, 0.05) is 0 Å². The number of phenolic OH excluding ortho intramolecular Hbond substituents is 2. The zero-order valence-electron chi connectivity index (χ0n) is 7.19. The lowest BCUT2D eigenvalue weighted by Crippen LogP contribution is -2.18. The maximum Gasteiger partial charge on any atom is 0.224 e. The van der Waals surface area contributed by atoms with E-state index in [2.05, 4.69) is 0 Å². The van der Waals surface area contributed by atoms with Crippen molar-refractivity contribution in [1.82, 2.24) is 0 Å².